The zero-order chi connectivity index (χ0) is 18.8. The highest BCUT2D eigenvalue weighted by Crippen LogP contribution is 2.32. The summed E-state index contributed by atoms with van der Waals surface area (Å²) in [5.41, 5.74) is 2.85. The maximum Gasteiger partial charge on any atom is 0.253 e. The summed E-state index contributed by atoms with van der Waals surface area (Å²) in [6, 6.07) is 7.63. The summed E-state index contributed by atoms with van der Waals surface area (Å²) in [5.74, 6) is 2.48. The van der Waals surface area contributed by atoms with Crippen molar-refractivity contribution in [3.8, 4) is 11.5 Å². The van der Waals surface area contributed by atoms with E-state index in [0.29, 0.717) is 23.3 Å². The van der Waals surface area contributed by atoms with E-state index in [1.165, 1.54) is 11.8 Å². The molecule has 27 heavy (non-hydrogen) atoms. The summed E-state index contributed by atoms with van der Waals surface area (Å²) in [6.07, 6.45) is -0.619. The Morgan fingerprint density at radius 3 is 2.96 bits per heavy atom. The van der Waals surface area contributed by atoms with E-state index in [0.717, 1.165) is 28.5 Å². The molecule has 0 amide bonds. The lowest BCUT2D eigenvalue weighted by Crippen LogP contribution is -2.18. The smallest absolute Gasteiger partial charge is 0.253 e. The average molecular weight is 388 g/mol. The van der Waals surface area contributed by atoms with Gasteiger partial charge >= 0.3 is 0 Å². The van der Waals surface area contributed by atoms with Crippen molar-refractivity contribution in [1.82, 2.24) is 19.6 Å². The highest BCUT2D eigenvalue weighted by molar-refractivity contribution is 7.99. The zero-order valence-electron chi connectivity index (χ0n) is 15.1. The van der Waals surface area contributed by atoms with Gasteiger partial charge in [0.1, 0.15) is 0 Å². The molecular weight excluding hydrogens is 368 g/mol. The van der Waals surface area contributed by atoms with Crippen LogP contribution in [0.3, 0.4) is 0 Å². The van der Waals surface area contributed by atoms with E-state index in [1.54, 1.807) is 4.52 Å². The molecule has 1 N–H and O–H groups in total. The van der Waals surface area contributed by atoms with Crippen LogP contribution >= 0.6 is 11.8 Å². The fraction of sp³-hybridized carbons (Fsp3) is 0.389. The Balaban J connectivity index is 1.26. The van der Waals surface area contributed by atoms with Crippen LogP contribution < -0.4 is 9.47 Å². The molecule has 3 aromatic rings. The number of aliphatic hydroxyl groups is 1. The quantitative estimate of drug-likeness (QED) is 0.616. The van der Waals surface area contributed by atoms with Crippen molar-refractivity contribution in [2.45, 2.75) is 31.7 Å². The molecule has 0 fully saturated rings. The molecule has 0 saturated carbocycles. The number of aliphatic hydroxyl groups excluding tert-OH is 1. The topological polar surface area (TPSA) is 91.0 Å². The van der Waals surface area contributed by atoms with Crippen molar-refractivity contribution >= 4 is 17.5 Å². The Labute approximate surface area is 160 Å². The van der Waals surface area contributed by atoms with Crippen molar-refractivity contribution in [2.75, 3.05) is 19.2 Å². The number of ether oxygens (including phenoxy) is 3. The molecule has 1 aliphatic rings. The van der Waals surface area contributed by atoms with Gasteiger partial charge in [-0.1, -0.05) is 17.8 Å². The Kier molecular flexibility index (Phi) is 5.15. The molecule has 0 radical (unpaired) electrons. The van der Waals surface area contributed by atoms with Gasteiger partial charge in [0.15, 0.2) is 11.5 Å². The summed E-state index contributed by atoms with van der Waals surface area (Å²) < 4.78 is 17.9. The Bertz CT molecular complexity index is 962. The highest BCUT2D eigenvalue weighted by Gasteiger charge is 2.14. The SMILES string of the molecule is Cc1cc(C)n2nc(SC[C@@H](O)COCc3ccc4c(c3)OCO4)nc2n1. The predicted molar refractivity (Wildman–Crippen MR) is 99.2 cm³/mol. The molecule has 9 heteroatoms. The normalized spacial score (nSPS) is 14.0. The van der Waals surface area contributed by atoms with Crippen LogP contribution in [-0.4, -0.2) is 49.9 Å². The van der Waals surface area contributed by atoms with E-state index in [2.05, 4.69) is 15.1 Å². The average Bonchev–Trinajstić information content (AvgIpc) is 3.26. The molecule has 1 atom stereocenters. The lowest BCUT2D eigenvalue weighted by Gasteiger charge is -2.10. The van der Waals surface area contributed by atoms with Crippen LogP contribution in [0.25, 0.3) is 5.78 Å². The van der Waals surface area contributed by atoms with Gasteiger partial charge in [0.2, 0.25) is 11.9 Å². The van der Waals surface area contributed by atoms with Gasteiger partial charge in [-0.2, -0.15) is 4.98 Å². The molecule has 142 valence electrons. The van der Waals surface area contributed by atoms with Crippen LogP contribution in [0.5, 0.6) is 11.5 Å². The van der Waals surface area contributed by atoms with E-state index < -0.39 is 6.10 Å². The molecule has 8 nitrogen and oxygen atoms in total. The van der Waals surface area contributed by atoms with Crippen LogP contribution in [0.2, 0.25) is 0 Å². The van der Waals surface area contributed by atoms with Gasteiger partial charge in [-0.05, 0) is 37.6 Å². The van der Waals surface area contributed by atoms with Gasteiger partial charge in [-0.15, -0.1) is 5.10 Å². The third kappa shape index (κ3) is 4.15. The number of thioether (sulfide) groups is 1. The van der Waals surface area contributed by atoms with Crippen LogP contribution in [0, 0.1) is 13.8 Å². The number of hydrogen-bond donors (Lipinski definition) is 1. The zero-order valence-corrected chi connectivity index (χ0v) is 15.9. The van der Waals surface area contributed by atoms with Crippen LogP contribution in [0.1, 0.15) is 17.0 Å². The Morgan fingerprint density at radius 1 is 1.22 bits per heavy atom. The number of nitrogens with zero attached hydrogens (tertiary/aromatic N) is 4. The molecule has 0 unspecified atom stereocenters. The van der Waals surface area contributed by atoms with E-state index in [4.69, 9.17) is 14.2 Å². The lowest BCUT2D eigenvalue weighted by molar-refractivity contribution is 0.0397. The van der Waals surface area contributed by atoms with Crippen LogP contribution in [0.15, 0.2) is 29.4 Å². The second kappa shape index (κ2) is 7.71. The number of aryl methyl sites for hydroxylation is 2. The standard InChI is InChI=1S/C18H20N4O4S/c1-11-5-12(2)22-17(19-11)20-18(21-22)27-9-14(23)8-24-7-13-3-4-15-16(6-13)26-10-25-15/h3-6,14,23H,7-10H2,1-2H3/t14-/m0/s1. The largest absolute Gasteiger partial charge is 0.454 e. The molecular formula is C18H20N4O4S. The number of aromatic nitrogens is 4. The summed E-state index contributed by atoms with van der Waals surface area (Å²) in [4.78, 5) is 8.76. The first-order valence-electron chi connectivity index (χ1n) is 8.56. The number of fused-ring (bicyclic) bond motifs is 2. The van der Waals surface area contributed by atoms with Crippen molar-refractivity contribution in [3.63, 3.8) is 0 Å². The first-order chi connectivity index (χ1) is 13.1. The molecule has 2 aromatic heterocycles. The van der Waals surface area contributed by atoms with E-state index >= 15 is 0 Å². The van der Waals surface area contributed by atoms with Crippen molar-refractivity contribution < 1.29 is 19.3 Å². The third-order valence-corrected chi connectivity index (χ3v) is 5.00. The Morgan fingerprint density at radius 2 is 2.07 bits per heavy atom. The maximum atomic E-state index is 10.1. The van der Waals surface area contributed by atoms with Crippen LogP contribution in [0.4, 0.5) is 0 Å². The second-order valence-electron chi connectivity index (χ2n) is 6.31. The molecule has 1 aliphatic heterocycles. The molecule has 3 heterocycles. The first-order valence-corrected chi connectivity index (χ1v) is 9.55. The van der Waals surface area contributed by atoms with Gasteiger partial charge in [0.05, 0.1) is 19.3 Å². The number of hydrogen-bond acceptors (Lipinski definition) is 8. The highest BCUT2D eigenvalue weighted by atomic mass is 32.2. The van der Waals surface area contributed by atoms with E-state index in [-0.39, 0.29) is 13.4 Å². The van der Waals surface area contributed by atoms with E-state index in [9.17, 15) is 5.11 Å². The monoisotopic (exact) mass is 388 g/mol. The molecule has 0 aliphatic carbocycles. The minimum absolute atomic E-state index is 0.227. The molecule has 1 aromatic carbocycles. The number of benzene rings is 1. The summed E-state index contributed by atoms with van der Waals surface area (Å²) in [6.45, 7) is 4.76. The van der Waals surface area contributed by atoms with Crippen molar-refractivity contribution in [2.24, 2.45) is 0 Å². The summed E-state index contributed by atoms with van der Waals surface area (Å²) in [7, 11) is 0. The van der Waals surface area contributed by atoms with Gasteiger partial charge < -0.3 is 19.3 Å². The van der Waals surface area contributed by atoms with Crippen LogP contribution in [-0.2, 0) is 11.3 Å². The van der Waals surface area contributed by atoms with E-state index in [1.807, 2.05) is 38.1 Å². The van der Waals surface area contributed by atoms with Gasteiger partial charge in [0, 0.05) is 17.1 Å². The fourth-order valence-electron chi connectivity index (χ4n) is 2.77. The first kappa shape index (κ1) is 18.0. The van der Waals surface area contributed by atoms with Crippen molar-refractivity contribution in [1.29, 1.82) is 0 Å². The fourth-order valence-corrected chi connectivity index (χ4v) is 3.49. The summed E-state index contributed by atoms with van der Waals surface area (Å²) in [5, 5.41) is 15.2. The van der Waals surface area contributed by atoms with Gasteiger partial charge in [0.25, 0.3) is 5.78 Å². The molecule has 0 saturated heterocycles. The predicted octanol–water partition coefficient (Wildman–Crippen LogP) is 2.14. The van der Waals surface area contributed by atoms with Crippen molar-refractivity contribution in [3.05, 3.63) is 41.2 Å². The minimum Gasteiger partial charge on any atom is -0.454 e. The van der Waals surface area contributed by atoms with Gasteiger partial charge in [-0.25, -0.2) is 9.50 Å². The molecule has 0 spiro atoms. The lowest BCUT2D eigenvalue weighted by atomic mass is 10.2. The second-order valence-corrected chi connectivity index (χ2v) is 7.30. The minimum atomic E-state index is -0.619. The van der Waals surface area contributed by atoms with Gasteiger partial charge in [-0.3, -0.25) is 0 Å². The number of rotatable bonds is 7. The maximum absolute atomic E-state index is 10.1. The molecule has 0 bridgehead atoms. The Hall–Kier alpha value is -2.36. The third-order valence-electron chi connectivity index (χ3n) is 4.02. The molecule has 4 rings (SSSR count). The summed E-state index contributed by atoms with van der Waals surface area (Å²) >= 11 is 1.38.